The fraction of sp³-hybridized carbons (Fsp3) is 0.304. The number of piperidine rings is 1. The fourth-order valence-electron chi connectivity index (χ4n) is 3.82. The van der Waals surface area contributed by atoms with E-state index in [1.807, 2.05) is 0 Å². The number of anilines is 1. The van der Waals surface area contributed by atoms with Gasteiger partial charge in [0.1, 0.15) is 6.10 Å². The molecule has 2 aliphatic heterocycles. The Morgan fingerprint density at radius 1 is 1.11 bits per heavy atom. The molecule has 1 amide bonds. The van der Waals surface area contributed by atoms with Crippen LogP contribution in [-0.2, 0) is 20.9 Å². The molecule has 0 aromatic heterocycles. The van der Waals surface area contributed by atoms with E-state index in [9.17, 15) is 35.9 Å². The molecule has 2 aliphatic rings. The maximum absolute atomic E-state index is 14.5. The zero-order chi connectivity index (χ0) is 26.0. The lowest BCUT2D eigenvalue weighted by Gasteiger charge is -2.33. The van der Waals surface area contributed by atoms with Crippen LogP contribution in [0, 0.1) is 17.5 Å². The van der Waals surface area contributed by atoms with E-state index in [4.69, 9.17) is 4.74 Å². The Balaban J connectivity index is 1.58. The van der Waals surface area contributed by atoms with Crippen LogP contribution in [0.15, 0.2) is 48.4 Å². The average molecular weight is 515 g/mol. The molecule has 2 heterocycles. The highest BCUT2D eigenvalue weighted by atomic mass is 19.4. The lowest BCUT2D eigenvalue weighted by atomic mass is 10.0. The minimum Gasteiger partial charge on any atom is -0.452 e. The molecule has 2 N–H and O–H groups in total. The average Bonchev–Trinajstić information content (AvgIpc) is 2.83. The van der Waals surface area contributed by atoms with Crippen molar-refractivity contribution in [3.05, 3.63) is 71.4 Å². The van der Waals surface area contributed by atoms with Crippen molar-refractivity contribution in [3.63, 3.8) is 0 Å². The van der Waals surface area contributed by atoms with E-state index in [1.165, 1.54) is 29.2 Å². The summed E-state index contributed by atoms with van der Waals surface area (Å²) in [6.45, 7) is -0.123. The van der Waals surface area contributed by atoms with E-state index >= 15 is 0 Å². The summed E-state index contributed by atoms with van der Waals surface area (Å²) in [5.41, 5.74) is 0.0506. The number of fused-ring (bicyclic) bond motifs is 1. The molecule has 0 spiro atoms. The van der Waals surface area contributed by atoms with Crippen LogP contribution in [0.1, 0.15) is 12.0 Å². The number of amides is 1. The van der Waals surface area contributed by atoms with Gasteiger partial charge in [-0.1, -0.05) is 18.2 Å². The number of carbonyl (C=O) groups is 2. The minimum atomic E-state index is -5.21. The highest BCUT2D eigenvalue weighted by molar-refractivity contribution is 5.93. The molecular weight excluding hydrogens is 496 g/mol. The lowest BCUT2D eigenvalue weighted by molar-refractivity contribution is -0.206. The second kappa shape index (κ2) is 10.1. The van der Waals surface area contributed by atoms with Gasteiger partial charge in [0, 0.05) is 12.1 Å². The van der Waals surface area contributed by atoms with Gasteiger partial charge in [-0.2, -0.15) is 13.2 Å². The predicted molar refractivity (Wildman–Crippen MR) is 113 cm³/mol. The lowest BCUT2D eigenvalue weighted by Crippen LogP contribution is -2.55. The van der Waals surface area contributed by atoms with E-state index in [-0.39, 0.29) is 36.5 Å². The summed E-state index contributed by atoms with van der Waals surface area (Å²) >= 11 is 0. The van der Waals surface area contributed by atoms with Crippen molar-refractivity contribution in [2.75, 3.05) is 18.0 Å². The van der Waals surface area contributed by atoms with Crippen molar-refractivity contribution in [2.24, 2.45) is 0 Å². The van der Waals surface area contributed by atoms with Crippen molar-refractivity contribution in [2.45, 2.75) is 31.3 Å². The van der Waals surface area contributed by atoms with Crippen LogP contribution in [0.4, 0.5) is 32.0 Å². The van der Waals surface area contributed by atoms with E-state index < -0.39 is 53.4 Å². The first kappa shape index (κ1) is 25.4. The van der Waals surface area contributed by atoms with Gasteiger partial charge in [0.05, 0.1) is 24.5 Å². The molecule has 36 heavy (non-hydrogen) atoms. The third-order valence-corrected chi connectivity index (χ3v) is 5.57. The summed E-state index contributed by atoms with van der Waals surface area (Å²) in [5.74, 6) is -7.19. The number of halogens is 6. The number of nitrogens with zero attached hydrogens (tertiary/aromatic N) is 1. The molecule has 0 saturated carbocycles. The summed E-state index contributed by atoms with van der Waals surface area (Å²) in [7, 11) is 0. The normalized spacial score (nSPS) is 19.6. The Morgan fingerprint density at radius 2 is 1.83 bits per heavy atom. The van der Waals surface area contributed by atoms with Crippen LogP contribution in [-0.4, -0.2) is 43.3 Å². The van der Waals surface area contributed by atoms with Crippen molar-refractivity contribution >= 4 is 17.6 Å². The zero-order valence-corrected chi connectivity index (χ0v) is 18.4. The van der Waals surface area contributed by atoms with Crippen LogP contribution in [0.3, 0.4) is 0 Å². The number of alkyl halides is 3. The Bertz CT molecular complexity index is 1200. The molecule has 2 atom stereocenters. The smallest absolute Gasteiger partial charge is 0.452 e. The number of nitrogens with one attached hydrogen (secondary N) is 2. The monoisotopic (exact) mass is 515 g/mol. The van der Waals surface area contributed by atoms with Crippen LogP contribution < -0.4 is 20.3 Å². The van der Waals surface area contributed by atoms with Crippen molar-refractivity contribution in [1.82, 2.24) is 10.6 Å². The molecule has 2 unspecified atom stereocenters. The molecule has 0 bridgehead atoms. The summed E-state index contributed by atoms with van der Waals surface area (Å²) in [4.78, 5) is 25.5. The topological polar surface area (TPSA) is 79.9 Å². The number of ether oxygens (including phenoxy) is 2. The van der Waals surface area contributed by atoms with Gasteiger partial charge >= 0.3 is 12.1 Å². The van der Waals surface area contributed by atoms with Gasteiger partial charge in [-0.05, 0) is 31.2 Å². The molecule has 4 rings (SSSR count). The predicted octanol–water partition coefficient (Wildman–Crippen LogP) is 3.30. The number of hydrogen-bond acceptors (Lipinski definition) is 6. The Hall–Kier alpha value is -3.74. The van der Waals surface area contributed by atoms with Crippen LogP contribution in [0.2, 0.25) is 0 Å². The molecular formula is C23H19F6N3O4. The molecule has 7 nitrogen and oxygen atoms in total. The van der Waals surface area contributed by atoms with Crippen LogP contribution in [0.25, 0.3) is 0 Å². The SMILES string of the molecule is O=C(NC1CCNCC1OC(=O)C(F)(F)F)C1=CN(Cc2cccc(F)c2F)c2cccc(F)c2O1. The Labute approximate surface area is 200 Å². The first-order chi connectivity index (χ1) is 17.0. The molecule has 2 aromatic carbocycles. The molecule has 0 aliphatic carbocycles. The van der Waals surface area contributed by atoms with Gasteiger partial charge in [-0.15, -0.1) is 0 Å². The quantitative estimate of drug-likeness (QED) is 0.470. The summed E-state index contributed by atoms with van der Waals surface area (Å²) in [6.07, 6.45) is -5.28. The molecule has 0 radical (unpaired) electrons. The third-order valence-electron chi connectivity index (χ3n) is 5.57. The number of rotatable bonds is 5. The molecule has 13 heteroatoms. The summed E-state index contributed by atoms with van der Waals surface area (Å²) < 4.78 is 90.3. The van der Waals surface area contributed by atoms with Gasteiger partial charge in [0.15, 0.2) is 23.2 Å². The molecule has 1 saturated heterocycles. The van der Waals surface area contributed by atoms with Gasteiger partial charge in [-0.25, -0.2) is 18.0 Å². The Kier molecular flexibility index (Phi) is 7.11. The standard InChI is InChI=1S/C23H19F6N3O4/c24-13-4-1-3-12(19(13)26)10-32-11-18(35-20-14(25)5-2-6-16(20)32)21(33)31-15-7-8-30-9-17(15)36-22(34)23(27,28)29/h1-6,11,15,17,30H,7-10H2,(H,31,33). The third kappa shape index (κ3) is 5.40. The number of esters is 1. The van der Waals surface area contributed by atoms with E-state index in [0.717, 1.165) is 18.3 Å². The number of carbonyl (C=O) groups excluding carboxylic acids is 2. The van der Waals surface area contributed by atoms with Gasteiger partial charge in [0.2, 0.25) is 5.76 Å². The zero-order valence-electron chi connectivity index (χ0n) is 18.4. The molecule has 2 aromatic rings. The molecule has 1 fully saturated rings. The Morgan fingerprint density at radius 3 is 2.58 bits per heavy atom. The second-order valence-corrected chi connectivity index (χ2v) is 8.04. The maximum Gasteiger partial charge on any atom is 0.490 e. The van der Waals surface area contributed by atoms with E-state index in [0.29, 0.717) is 6.54 Å². The van der Waals surface area contributed by atoms with Crippen LogP contribution in [0.5, 0.6) is 5.75 Å². The minimum absolute atomic E-state index is 0.0828. The summed E-state index contributed by atoms with van der Waals surface area (Å²) in [6, 6.07) is 6.40. The van der Waals surface area contributed by atoms with Crippen molar-refractivity contribution < 1.29 is 45.4 Å². The first-order valence-electron chi connectivity index (χ1n) is 10.7. The second-order valence-electron chi connectivity index (χ2n) is 8.04. The highest BCUT2D eigenvalue weighted by Crippen LogP contribution is 2.37. The van der Waals surface area contributed by atoms with Crippen molar-refractivity contribution in [3.8, 4) is 5.75 Å². The van der Waals surface area contributed by atoms with Gasteiger partial charge in [-0.3, -0.25) is 4.79 Å². The fourth-order valence-corrected chi connectivity index (χ4v) is 3.82. The highest BCUT2D eigenvalue weighted by Gasteiger charge is 2.44. The van der Waals surface area contributed by atoms with Gasteiger partial charge < -0.3 is 25.0 Å². The number of para-hydroxylation sites is 1. The number of hydrogen-bond donors (Lipinski definition) is 2. The largest absolute Gasteiger partial charge is 0.490 e. The van der Waals surface area contributed by atoms with Crippen molar-refractivity contribution in [1.29, 1.82) is 0 Å². The molecule has 192 valence electrons. The maximum atomic E-state index is 14.5. The first-order valence-corrected chi connectivity index (χ1v) is 10.7. The summed E-state index contributed by atoms with van der Waals surface area (Å²) in [5, 5.41) is 5.22. The number of benzene rings is 2. The van der Waals surface area contributed by atoms with Crippen LogP contribution >= 0.6 is 0 Å². The van der Waals surface area contributed by atoms with E-state index in [2.05, 4.69) is 15.4 Å². The van der Waals surface area contributed by atoms with E-state index in [1.54, 1.807) is 0 Å². The van der Waals surface area contributed by atoms with Gasteiger partial charge in [0.25, 0.3) is 5.91 Å².